The van der Waals surface area contributed by atoms with E-state index in [1.807, 2.05) is 78.8 Å². The highest BCUT2D eigenvalue weighted by Gasteiger charge is 2.24. The summed E-state index contributed by atoms with van der Waals surface area (Å²) < 4.78 is 15.1. The van der Waals surface area contributed by atoms with E-state index < -0.39 is 0 Å². The standard InChI is InChI=1S/C17H20N6O2.C10H12N4.C9H18N2O2.C7H3N3.C7H8N2O2.C2H4Cl2/c1-12(2)14-9-16(25-21-14)20-17(24)23-7-5-22(6-8-23)15-4-3-13(10-18)11-19-15;11-7-9-1-2-10(13-8-9)14-5-3-12-4-6-14;1-9(2,3)13-8(12)11-6-4-10-5-7-11;8-3-6-1-2-7(4-9)10-5-6;1-5(2)6-3-7(8-4-10)11-9-6;1-2(3)4/h3-4,9,11-12H,5-8H2,1-2H3,(H,20,24);1-2,8,12H,3-6H2;10H,4-7H2,1-3H3;1-2,5H;3,5H,1-2H3;2H,1H3. The highest BCUT2D eigenvalue weighted by atomic mass is 35.5. The van der Waals surface area contributed by atoms with Crippen LogP contribution in [0, 0.1) is 45.3 Å². The van der Waals surface area contributed by atoms with Crippen LogP contribution in [-0.4, -0.2) is 142 Å². The van der Waals surface area contributed by atoms with Crippen molar-refractivity contribution in [2.75, 3.05) is 93.7 Å². The first-order chi connectivity index (χ1) is 36.8. The van der Waals surface area contributed by atoms with Gasteiger partial charge in [-0.05, 0) is 75.9 Å². The fraction of sp³-hybridized carbons (Fsp3) is 0.462. The number of amides is 3. The van der Waals surface area contributed by atoms with Crippen molar-refractivity contribution < 1.29 is 28.2 Å². The van der Waals surface area contributed by atoms with Crippen molar-refractivity contribution in [3.05, 3.63) is 101 Å². The molecule has 3 aliphatic rings. The van der Waals surface area contributed by atoms with E-state index in [0.717, 1.165) is 75.4 Å². The van der Waals surface area contributed by atoms with Gasteiger partial charge in [0.1, 0.15) is 52.0 Å². The van der Waals surface area contributed by atoms with Gasteiger partial charge in [0.15, 0.2) is 0 Å². The number of carbonyl (C=O) groups excluding carboxylic acids is 3. The van der Waals surface area contributed by atoms with E-state index in [-0.39, 0.29) is 40.3 Å². The third-order valence-corrected chi connectivity index (χ3v) is 10.5. The topological polar surface area (TPSA) is 308 Å². The zero-order valence-corrected chi connectivity index (χ0v) is 46.0. The first-order valence-corrected chi connectivity index (χ1v) is 25.4. The molecule has 8 heterocycles. The molecule has 3 fully saturated rings. The van der Waals surface area contributed by atoms with E-state index in [1.54, 1.807) is 53.4 Å². The average molecular weight is 1100 g/mol. The summed E-state index contributed by atoms with van der Waals surface area (Å²) in [7, 11) is 0. The second-order valence-electron chi connectivity index (χ2n) is 18.3. The smallest absolute Gasteiger partial charge is 0.410 e. The van der Waals surface area contributed by atoms with Crippen LogP contribution in [0.4, 0.5) is 33.0 Å². The maximum atomic E-state index is 12.3. The number of nitrogens with zero attached hydrogens (tertiary/aromatic N) is 14. The van der Waals surface area contributed by atoms with Gasteiger partial charge in [-0.2, -0.15) is 21.0 Å². The molecule has 8 rings (SSSR count). The van der Waals surface area contributed by atoms with Crippen molar-refractivity contribution >= 4 is 64.8 Å². The number of ether oxygens (including phenoxy) is 1. The highest BCUT2D eigenvalue weighted by Crippen LogP contribution is 2.21. The van der Waals surface area contributed by atoms with Crippen LogP contribution in [0.15, 0.2) is 81.2 Å². The number of hydrogen-bond acceptors (Lipinski definition) is 20. The Morgan fingerprint density at radius 2 is 1.13 bits per heavy atom. The molecule has 5 aromatic heterocycles. The third kappa shape index (κ3) is 24.4. The molecule has 0 radical (unpaired) electrons. The van der Waals surface area contributed by atoms with Gasteiger partial charge in [-0.25, -0.2) is 29.3 Å². The number of urea groups is 1. The number of rotatable bonds is 6. The lowest BCUT2D eigenvalue weighted by molar-refractivity contribution is 0.0228. The van der Waals surface area contributed by atoms with E-state index in [0.29, 0.717) is 54.4 Å². The van der Waals surface area contributed by atoms with Gasteiger partial charge in [0.25, 0.3) is 5.88 Å². The maximum absolute atomic E-state index is 12.3. The number of nitriles is 4. The Labute approximate surface area is 459 Å². The summed E-state index contributed by atoms with van der Waals surface area (Å²) in [6.07, 6.45) is 5.73. The number of hydrogen-bond donors (Lipinski definition) is 3. The van der Waals surface area contributed by atoms with Gasteiger partial charge in [0, 0.05) is 109 Å². The molecule has 77 heavy (non-hydrogen) atoms. The first-order valence-electron chi connectivity index (χ1n) is 24.5. The van der Waals surface area contributed by atoms with E-state index >= 15 is 0 Å². The van der Waals surface area contributed by atoms with E-state index in [2.05, 4.69) is 72.7 Å². The summed E-state index contributed by atoms with van der Waals surface area (Å²) in [5.74, 6) is 2.89. The van der Waals surface area contributed by atoms with Crippen LogP contribution in [0.3, 0.4) is 0 Å². The van der Waals surface area contributed by atoms with Gasteiger partial charge in [0.05, 0.1) is 28.1 Å². The Bertz CT molecular complexity index is 2730. The zero-order valence-electron chi connectivity index (χ0n) is 44.5. The second-order valence-corrected chi connectivity index (χ2v) is 19.8. The van der Waals surface area contributed by atoms with Crippen LogP contribution < -0.4 is 25.8 Å². The second kappa shape index (κ2) is 33.7. The van der Waals surface area contributed by atoms with Crippen molar-refractivity contribution in [2.45, 2.75) is 77.7 Å². The van der Waals surface area contributed by atoms with Gasteiger partial charge in [-0.15, -0.1) is 28.2 Å². The van der Waals surface area contributed by atoms with Gasteiger partial charge < -0.3 is 44.0 Å². The molecule has 0 spiro atoms. The quantitative estimate of drug-likeness (QED) is 0.0823. The fourth-order valence-corrected chi connectivity index (χ4v) is 6.46. The lowest BCUT2D eigenvalue weighted by Gasteiger charge is -2.35. The van der Waals surface area contributed by atoms with E-state index in [1.165, 1.54) is 18.3 Å². The number of alkyl halides is 2. The molecule has 0 saturated carbocycles. The molecule has 0 atom stereocenters. The number of carbonyl (C=O) groups is 2. The predicted octanol–water partition coefficient (Wildman–Crippen LogP) is 8.01. The molecule has 0 unspecified atom stereocenters. The van der Waals surface area contributed by atoms with Gasteiger partial charge in [-0.3, -0.25) is 5.32 Å². The van der Waals surface area contributed by atoms with Crippen LogP contribution in [0.1, 0.15) is 101 Å². The van der Waals surface area contributed by atoms with Crippen molar-refractivity contribution in [2.24, 2.45) is 4.99 Å². The monoisotopic (exact) mass is 1090 g/mol. The zero-order chi connectivity index (χ0) is 56.8. The Morgan fingerprint density at radius 1 is 0.662 bits per heavy atom. The number of nitrogens with one attached hydrogen (secondary N) is 3. The molecule has 0 aliphatic carbocycles. The molecule has 3 N–H and O–H groups in total. The molecular formula is C52H65Cl2N17O6. The Hall–Kier alpha value is -8.15. The molecule has 3 aliphatic heterocycles. The largest absolute Gasteiger partial charge is 0.444 e. The summed E-state index contributed by atoms with van der Waals surface area (Å²) in [5.41, 5.74) is 3.17. The Kier molecular flexibility index (Phi) is 27.6. The van der Waals surface area contributed by atoms with Crippen molar-refractivity contribution in [1.82, 2.24) is 45.7 Å². The fourth-order valence-electron chi connectivity index (χ4n) is 6.46. The lowest BCUT2D eigenvalue weighted by Crippen LogP contribution is -2.50. The van der Waals surface area contributed by atoms with Crippen LogP contribution in [0.25, 0.3) is 0 Å². The lowest BCUT2D eigenvalue weighted by atomic mass is 10.1. The van der Waals surface area contributed by atoms with E-state index in [4.69, 9.17) is 53.5 Å². The van der Waals surface area contributed by atoms with Crippen LogP contribution >= 0.6 is 23.2 Å². The predicted molar refractivity (Wildman–Crippen MR) is 290 cm³/mol. The number of piperazine rings is 3. The normalized spacial score (nSPS) is 13.7. The summed E-state index contributed by atoms with van der Waals surface area (Å²) in [5, 5.41) is 50.9. The number of anilines is 3. The molecule has 5 aromatic rings. The molecule has 408 valence electrons. The molecular weight excluding hydrogens is 1030 g/mol. The molecule has 0 bridgehead atoms. The highest BCUT2D eigenvalue weighted by molar-refractivity contribution is 6.43. The Balaban J connectivity index is 0.000000260. The van der Waals surface area contributed by atoms with Crippen LogP contribution in [0.2, 0.25) is 0 Å². The third-order valence-electron chi connectivity index (χ3n) is 10.5. The minimum atomic E-state index is -0.387. The Morgan fingerprint density at radius 3 is 1.53 bits per heavy atom. The van der Waals surface area contributed by atoms with Crippen molar-refractivity contribution in [3.8, 4) is 24.3 Å². The average Bonchev–Trinajstić information content (AvgIpc) is 4.13. The van der Waals surface area contributed by atoms with Gasteiger partial charge in [-0.1, -0.05) is 38.0 Å². The summed E-state index contributed by atoms with van der Waals surface area (Å²) >= 11 is 10.1. The molecule has 3 amide bonds. The number of aromatic nitrogens is 5. The van der Waals surface area contributed by atoms with Crippen LogP contribution in [0.5, 0.6) is 0 Å². The summed E-state index contributed by atoms with van der Waals surface area (Å²) in [6.45, 7) is 25.0. The van der Waals surface area contributed by atoms with Gasteiger partial charge in [0.2, 0.25) is 12.0 Å². The number of isocyanates is 1. The minimum absolute atomic E-state index is 0.195. The minimum Gasteiger partial charge on any atom is -0.444 e. The van der Waals surface area contributed by atoms with Crippen LogP contribution in [-0.2, 0) is 9.53 Å². The maximum Gasteiger partial charge on any atom is 0.410 e. The SMILES string of the molecule is CC(C)(C)OC(=O)N1CCNCC1.CC(C)c1cc(N=C=O)on1.CC(C)c1cc(NC(=O)N2CCN(c3ccc(C#N)cn3)CC2)on1.CC(Cl)Cl.N#Cc1ccc(C#N)nc1.N#Cc1ccc(N2CCNCC2)nc1. The molecule has 0 aromatic carbocycles. The van der Waals surface area contributed by atoms with Crippen molar-refractivity contribution in [3.63, 3.8) is 0 Å². The number of pyridine rings is 3. The first kappa shape index (κ1) is 63.1. The number of aliphatic imine (C=N–C) groups is 1. The van der Waals surface area contributed by atoms with E-state index in [9.17, 15) is 14.4 Å². The number of halogens is 2. The summed E-state index contributed by atoms with van der Waals surface area (Å²) in [6, 6.07) is 21.4. The van der Waals surface area contributed by atoms with Crippen molar-refractivity contribution in [1.29, 1.82) is 21.0 Å². The molecule has 23 nitrogen and oxygen atoms in total. The molecule has 3 saturated heterocycles. The molecule has 25 heteroatoms. The summed E-state index contributed by atoms with van der Waals surface area (Å²) in [4.78, 5) is 56.7. The van der Waals surface area contributed by atoms with Gasteiger partial charge >= 0.3 is 12.1 Å².